The van der Waals surface area contributed by atoms with Gasteiger partial charge >= 0.3 is 0 Å². The normalized spacial score (nSPS) is 18.0. The van der Waals surface area contributed by atoms with E-state index < -0.39 is 29.5 Å². The molecule has 1 aliphatic heterocycles. The number of nitrogens with zero attached hydrogens (tertiary/aromatic N) is 1. The third kappa shape index (κ3) is 4.56. The van der Waals surface area contributed by atoms with Crippen LogP contribution >= 0.6 is 0 Å². The number of ketones is 1. The number of carbonyl (C=O) groups excluding carboxylic acids is 3. The maximum Gasteiger partial charge on any atom is 0.295 e. The van der Waals surface area contributed by atoms with Gasteiger partial charge in [0.2, 0.25) is 0 Å². The van der Waals surface area contributed by atoms with Gasteiger partial charge in [0, 0.05) is 18.1 Å². The van der Waals surface area contributed by atoms with E-state index in [2.05, 4.69) is 0 Å². The highest BCUT2D eigenvalue weighted by atomic mass is 19.1. The molecule has 0 saturated carbocycles. The zero-order valence-corrected chi connectivity index (χ0v) is 16.2. The number of halogens is 1. The van der Waals surface area contributed by atoms with E-state index in [1.165, 1.54) is 29.2 Å². The number of likely N-dealkylation sites (tertiary alicyclic amines) is 1. The van der Waals surface area contributed by atoms with Gasteiger partial charge in [0.15, 0.2) is 0 Å². The van der Waals surface area contributed by atoms with Crippen molar-refractivity contribution in [1.82, 2.24) is 4.90 Å². The molecular weight excluding hydrogens is 389 g/mol. The van der Waals surface area contributed by atoms with E-state index in [4.69, 9.17) is 0 Å². The van der Waals surface area contributed by atoms with Gasteiger partial charge in [-0.1, -0.05) is 36.8 Å². The maximum atomic E-state index is 13.3. The van der Waals surface area contributed by atoms with Crippen LogP contribution in [-0.4, -0.2) is 34.2 Å². The average molecular weight is 410 g/mol. The fraction of sp³-hybridized carbons (Fsp3) is 0.261. The van der Waals surface area contributed by atoms with Crippen LogP contribution in [0.5, 0.6) is 0 Å². The van der Waals surface area contributed by atoms with Crippen LogP contribution in [0, 0.1) is 5.82 Å². The molecule has 6 nitrogen and oxygen atoms in total. The highest BCUT2D eigenvalue weighted by molar-refractivity contribution is 6.46. The molecule has 2 aromatic rings. The van der Waals surface area contributed by atoms with Crippen LogP contribution in [0.25, 0.3) is 5.76 Å². The smallest absolute Gasteiger partial charge is 0.295 e. The minimum Gasteiger partial charge on any atom is -0.550 e. The predicted molar refractivity (Wildman–Crippen MR) is 105 cm³/mol. The Kier molecular flexibility index (Phi) is 6.61. The monoisotopic (exact) mass is 410 g/mol. The third-order valence-corrected chi connectivity index (χ3v) is 5.05. The Balaban J connectivity index is 1.94. The number of carboxylic acids is 1. The molecule has 156 valence electrons. The van der Waals surface area contributed by atoms with Crippen LogP contribution in [0.1, 0.15) is 42.9 Å². The van der Waals surface area contributed by atoms with Gasteiger partial charge in [0.1, 0.15) is 11.6 Å². The molecule has 0 aromatic heterocycles. The molecule has 1 atom stereocenters. The van der Waals surface area contributed by atoms with Gasteiger partial charge < -0.3 is 19.9 Å². The summed E-state index contributed by atoms with van der Waals surface area (Å²) < 4.78 is 13.3. The lowest BCUT2D eigenvalue weighted by molar-refractivity contribution is -0.305. The standard InChI is InChI=1S/C23H22FNO5/c24-17-12-10-16(11-13-17)21(28)19-20(15-7-3-1-4-8-15)25(23(30)22(19)29)14-6-2-5-9-18(26)27/h1,3-4,7-8,10-13,20,28H,2,5-6,9,14H2,(H,26,27)/p-1/t20-/m1/s1. The molecule has 1 heterocycles. The minimum absolute atomic E-state index is 0.0486. The second-order valence-corrected chi connectivity index (χ2v) is 7.09. The van der Waals surface area contributed by atoms with E-state index in [0.29, 0.717) is 24.8 Å². The summed E-state index contributed by atoms with van der Waals surface area (Å²) in [7, 11) is 0. The SMILES string of the molecule is O=C([O-])CCCCCN1C(=O)C(=O)C(=C(O)c2ccc(F)cc2)[C@H]1c1ccccc1. The lowest BCUT2D eigenvalue weighted by atomic mass is 9.95. The summed E-state index contributed by atoms with van der Waals surface area (Å²) in [5, 5.41) is 21.4. The molecule has 1 aliphatic rings. The van der Waals surface area contributed by atoms with Crippen LogP contribution in [0.2, 0.25) is 0 Å². The molecule has 2 aromatic carbocycles. The van der Waals surface area contributed by atoms with Crippen molar-refractivity contribution in [2.75, 3.05) is 6.54 Å². The number of unbranched alkanes of at least 4 members (excludes halogenated alkanes) is 2. The molecule has 30 heavy (non-hydrogen) atoms. The molecule has 1 saturated heterocycles. The van der Waals surface area contributed by atoms with Crippen molar-refractivity contribution in [1.29, 1.82) is 0 Å². The lowest BCUT2D eigenvalue weighted by Crippen LogP contribution is -2.30. The second kappa shape index (κ2) is 9.35. The number of carbonyl (C=O) groups is 3. The van der Waals surface area contributed by atoms with Crippen molar-refractivity contribution in [2.24, 2.45) is 0 Å². The summed E-state index contributed by atoms with van der Waals surface area (Å²) in [4.78, 5) is 37.5. The number of aliphatic carboxylic acids is 1. The zero-order valence-electron chi connectivity index (χ0n) is 16.2. The number of Topliss-reactive ketones (excluding diaryl/α,β-unsaturated/α-hetero) is 1. The first-order valence-electron chi connectivity index (χ1n) is 9.69. The summed E-state index contributed by atoms with van der Waals surface area (Å²) in [6.45, 7) is 0.234. The van der Waals surface area contributed by atoms with Crippen LogP contribution in [0.15, 0.2) is 60.2 Å². The van der Waals surface area contributed by atoms with E-state index in [1.54, 1.807) is 30.3 Å². The Hall–Kier alpha value is -3.48. The Bertz CT molecular complexity index is 969. The highest BCUT2D eigenvalue weighted by Crippen LogP contribution is 2.39. The number of rotatable bonds is 8. The van der Waals surface area contributed by atoms with E-state index >= 15 is 0 Å². The Morgan fingerprint density at radius 2 is 1.67 bits per heavy atom. The molecule has 7 heteroatoms. The summed E-state index contributed by atoms with van der Waals surface area (Å²) >= 11 is 0. The maximum absolute atomic E-state index is 13.3. The molecule has 0 aliphatic carbocycles. The van der Waals surface area contributed by atoms with Gasteiger partial charge in [-0.3, -0.25) is 9.59 Å². The molecule has 0 unspecified atom stereocenters. The van der Waals surface area contributed by atoms with E-state index in [-0.39, 0.29) is 29.9 Å². The molecule has 1 N–H and O–H groups in total. The fourth-order valence-electron chi connectivity index (χ4n) is 3.58. The highest BCUT2D eigenvalue weighted by Gasteiger charge is 2.45. The Morgan fingerprint density at radius 3 is 2.30 bits per heavy atom. The Labute approximate surface area is 173 Å². The van der Waals surface area contributed by atoms with Crippen molar-refractivity contribution >= 4 is 23.4 Å². The summed E-state index contributed by atoms with van der Waals surface area (Å²) in [6, 6.07) is 13.1. The van der Waals surface area contributed by atoms with E-state index in [0.717, 1.165) is 0 Å². The quantitative estimate of drug-likeness (QED) is 0.312. The van der Waals surface area contributed by atoms with Crippen molar-refractivity contribution in [3.05, 3.63) is 77.1 Å². The van der Waals surface area contributed by atoms with Gasteiger partial charge in [0.05, 0.1) is 11.6 Å². The third-order valence-electron chi connectivity index (χ3n) is 5.05. The summed E-state index contributed by atoms with van der Waals surface area (Å²) in [5.41, 5.74) is 0.854. The van der Waals surface area contributed by atoms with Crippen LogP contribution < -0.4 is 5.11 Å². The van der Waals surface area contributed by atoms with Gasteiger partial charge in [-0.2, -0.15) is 0 Å². The number of hydrogen-bond acceptors (Lipinski definition) is 5. The molecule has 1 amide bonds. The molecule has 1 fully saturated rings. The number of aliphatic hydroxyl groups excluding tert-OH is 1. The predicted octanol–water partition coefficient (Wildman–Crippen LogP) is 2.56. The topological polar surface area (TPSA) is 97.7 Å². The van der Waals surface area contributed by atoms with Crippen molar-refractivity contribution in [3.63, 3.8) is 0 Å². The first kappa shape index (κ1) is 21.2. The van der Waals surface area contributed by atoms with Gasteiger partial charge in [-0.25, -0.2) is 4.39 Å². The number of benzene rings is 2. The van der Waals surface area contributed by atoms with Gasteiger partial charge in [-0.05, 0) is 49.1 Å². The van der Waals surface area contributed by atoms with Crippen molar-refractivity contribution < 1.29 is 29.0 Å². The van der Waals surface area contributed by atoms with Crippen LogP contribution in [0.3, 0.4) is 0 Å². The molecule has 0 spiro atoms. The van der Waals surface area contributed by atoms with Gasteiger partial charge in [-0.15, -0.1) is 0 Å². The minimum atomic E-state index is -1.13. The van der Waals surface area contributed by atoms with E-state index in [9.17, 15) is 29.0 Å². The first-order chi connectivity index (χ1) is 14.4. The second-order valence-electron chi connectivity index (χ2n) is 7.09. The summed E-state index contributed by atoms with van der Waals surface area (Å²) in [5.74, 6) is -3.50. The molecule has 0 radical (unpaired) electrons. The zero-order chi connectivity index (χ0) is 21.7. The van der Waals surface area contributed by atoms with E-state index in [1.807, 2.05) is 0 Å². The molecule has 0 bridgehead atoms. The van der Waals surface area contributed by atoms with Crippen molar-refractivity contribution in [3.8, 4) is 0 Å². The van der Waals surface area contributed by atoms with Crippen molar-refractivity contribution in [2.45, 2.75) is 31.7 Å². The number of hydrogen-bond donors (Lipinski definition) is 1. The lowest BCUT2D eigenvalue weighted by Gasteiger charge is -2.25. The molecular formula is C23H21FNO5-. The first-order valence-corrected chi connectivity index (χ1v) is 9.69. The van der Waals surface area contributed by atoms with Crippen LogP contribution in [-0.2, 0) is 14.4 Å². The number of aliphatic hydroxyl groups is 1. The largest absolute Gasteiger partial charge is 0.550 e. The molecule has 3 rings (SSSR count). The average Bonchev–Trinajstić information content (AvgIpc) is 2.99. The number of amides is 1. The van der Waals surface area contributed by atoms with Gasteiger partial charge in [0.25, 0.3) is 11.7 Å². The fourth-order valence-corrected chi connectivity index (χ4v) is 3.58. The Morgan fingerprint density at radius 1 is 1.00 bits per heavy atom. The van der Waals surface area contributed by atoms with Crippen LogP contribution in [0.4, 0.5) is 4.39 Å². The summed E-state index contributed by atoms with van der Waals surface area (Å²) in [6.07, 6.45) is 1.40. The number of carboxylic acid groups (broad SMARTS) is 1.